The van der Waals surface area contributed by atoms with Gasteiger partial charge < -0.3 is 0 Å². The molecule has 0 aromatic heterocycles. The van der Waals surface area contributed by atoms with Crippen molar-refractivity contribution >= 4 is 15.8 Å². The summed E-state index contributed by atoms with van der Waals surface area (Å²) in [7, 11) is -5.76. The van der Waals surface area contributed by atoms with Crippen LogP contribution in [0, 0.1) is 0 Å². The van der Waals surface area contributed by atoms with Crippen molar-refractivity contribution in [2.24, 2.45) is 5.16 Å². The molecular formula is C17H16F3NO3S. The lowest BCUT2D eigenvalue weighted by Gasteiger charge is -2.09. The van der Waals surface area contributed by atoms with Crippen LogP contribution in [0.2, 0.25) is 0 Å². The summed E-state index contributed by atoms with van der Waals surface area (Å²) >= 11 is 0. The van der Waals surface area contributed by atoms with Gasteiger partial charge >= 0.3 is 15.6 Å². The van der Waals surface area contributed by atoms with Crippen molar-refractivity contribution < 1.29 is 25.9 Å². The smallest absolute Gasteiger partial charge is 0.262 e. The average molecular weight is 371 g/mol. The van der Waals surface area contributed by atoms with Crippen LogP contribution in [0.4, 0.5) is 13.2 Å². The molecule has 0 unspecified atom stereocenters. The number of halogens is 3. The van der Waals surface area contributed by atoms with E-state index in [-0.39, 0.29) is 12.1 Å². The molecule has 0 radical (unpaired) electrons. The first kappa shape index (κ1) is 19.0. The molecule has 0 amide bonds. The quantitative estimate of drug-likeness (QED) is 0.419. The lowest BCUT2D eigenvalue weighted by molar-refractivity contribution is -0.0540. The van der Waals surface area contributed by atoms with Crippen LogP contribution < -0.4 is 0 Å². The van der Waals surface area contributed by atoms with Crippen LogP contribution in [0.25, 0.3) is 11.1 Å². The van der Waals surface area contributed by atoms with Crippen LogP contribution in [0.3, 0.4) is 0 Å². The number of benzene rings is 2. The molecule has 8 heteroatoms. The molecule has 0 saturated heterocycles. The molecule has 134 valence electrons. The fourth-order valence-electron chi connectivity index (χ4n) is 2.10. The highest BCUT2D eigenvalue weighted by molar-refractivity contribution is 7.87. The van der Waals surface area contributed by atoms with Gasteiger partial charge in [-0.25, -0.2) is 0 Å². The van der Waals surface area contributed by atoms with Crippen LogP contribution in [0.15, 0.2) is 59.8 Å². The van der Waals surface area contributed by atoms with E-state index in [0.29, 0.717) is 12.0 Å². The minimum Gasteiger partial charge on any atom is -0.262 e. The fraction of sp³-hybridized carbons (Fsp3) is 0.235. The van der Waals surface area contributed by atoms with Gasteiger partial charge in [0.1, 0.15) is 0 Å². The van der Waals surface area contributed by atoms with E-state index in [1.807, 2.05) is 30.3 Å². The summed E-state index contributed by atoms with van der Waals surface area (Å²) in [6, 6.07) is 16.4. The Bertz CT molecular complexity index is 830. The SMILES string of the molecule is CCCC(=NOS(=O)(=O)C(F)(F)F)c1ccc(-c2ccccc2)cc1. The third kappa shape index (κ3) is 4.82. The number of hydrogen-bond acceptors (Lipinski definition) is 4. The van der Waals surface area contributed by atoms with Gasteiger partial charge in [0, 0.05) is 0 Å². The molecule has 0 spiro atoms. The molecule has 0 saturated carbocycles. The zero-order valence-corrected chi connectivity index (χ0v) is 14.1. The summed E-state index contributed by atoms with van der Waals surface area (Å²) in [5, 5.41) is 3.23. The van der Waals surface area contributed by atoms with Crippen LogP contribution in [-0.2, 0) is 14.4 Å². The highest BCUT2D eigenvalue weighted by Gasteiger charge is 2.49. The van der Waals surface area contributed by atoms with Crippen LogP contribution in [0.5, 0.6) is 0 Å². The van der Waals surface area contributed by atoms with Gasteiger partial charge in [0.05, 0.1) is 5.71 Å². The molecule has 0 bridgehead atoms. The van der Waals surface area contributed by atoms with E-state index in [2.05, 4.69) is 9.44 Å². The van der Waals surface area contributed by atoms with Crippen LogP contribution >= 0.6 is 0 Å². The van der Waals surface area contributed by atoms with E-state index in [0.717, 1.165) is 11.1 Å². The summed E-state index contributed by atoms with van der Waals surface area (Å²) < 4.78 is 62.8. The van der Waals surface area contributed by atoms with Crippen molar-refractivity contribution in [2.75, 3.05) is 0 Å². The molecule has 0 aliphatic heterocycles. The highest BCUT2D eigenvalue weighted by atomic mass is 32.2. The number of rotatable bonds is 6. The van der Waals surface area contributed by atoms with Crippen molar-refractivity contribution in [1.82, 2.24) is 0 Å². The molecule has 2 rings (SSSR count). The first-order valence-corrected chi connectivity index (χ1v) is 8.88. The second kappa shape index (κ2) is 7.69. The third-order valence-electron chi connectivity index (χ3n) is 3.34. The monoisotopic (exact) mass is 371 g/mol. The van der Waals surface area contributed by atoms with E-state index >= 15 is 0 Å². The number of hydrogen-bond donors (Lipinski definition) is 0. The number of alkyl halides is 3. The molecule has 2 aromatic rings. The van der Waals surface area contributed by atoms with E-state index in [1.165, 1.54) is 0 Å². The lowest BCUT2D eigenvalue weighted by atomic mass is 10.0. The van der Waals surface area contributed by atoms with Gasteiger partial charge in [-0.15, -0.1) is 0 Å². The molecule has 0 atom stereocenters. The Morgan fingerprint density at radius 3 is 2.08 bits per heavy atom. The Morgan fingerprint density at radius 1 is 1.00 bits per heavy atom. The Kier molecular flexibility index (Phi) is 5.84. The van der Waals surface area contributed by atoms with Crippen molar-refractivity contribution in [1.29, 1.82) is 0 Å². The largest absolute Gasteiger partial charge is 0.536 e. The van der Waals surface area contributed by atoms with Crippen LogP contribution in [0.1, 0.15) is 25.3 Å². The zero-order valence-electron chi connectivity index (χ0n) is 13.3. The standard InChI is InChI=1S/C17H16F3NO3S/c1-2-6-16(21-24-25(22,23)17(18,19)20)15-11-9-14(10-12-15)13-7-4-3-5-8-13/h3-5,7-12H,2,6H2,1H3. The Balaban J connectivity index is 2.27. The van der Waals surface area contributed by atoms with Crippen molar-refractivity contribution in [3.8, 4) is 11.1 Å². The van der Waals surface area contributed by atoms with E-state index in [4.69, 9.17) is 0 Å². The Morgan fingerprint density at radius 2 is 1.56 bits per heavy atom. The summed E-state index contributed by atoms with van der Waals surface area (Å²) in [6.45, 7) is 1.80. The first-order chi connectivity index (χ1) is 11.7. The van der Waals surface area contributed by atoms with Gasteiger partial charge in [-0.05, 0) is 23.1 Å². The van der Waals surface area contributed by atoms with Gasteiger partial charge in [0.15, 0.2) is 0 Å². The Labute approximate surface area is 144 Å². The molecule has 4 nitrogen and oxygen atoms in total. The predicted molar refractivity (Wildman–Crippen MR) is 89.4 cm³/mol. The van der Waals surface area contributed by atoms with Gasteiger partial charge in [0.2, 0.25) is 0 Å². The minimum atomic E-state index is -5.76. The number of oxime groups is 1. The predicted octanol–water partition coefficient (Wildman–Crippen LogP) is 4.72. The van der Waals surface area contributed by atoms with E-state index in [1.54, 1.807) is 31.2 Å². The molecule has 0 N–H and O–H groups in total. The molecular weight excluding hydrogens is 355 g/mol. The van der Waals surface area contributed by atoms with E-state index in [9.17, 15) is 21.6 Å². The van der Waals surface area contributed by atoms with Crippen LogP contribution in [-0.4, -0.2) is 19.6 Å². The molecule has 0 aliphatic carbocycles. The maximum atomic E-state index is 12.3. The molecule has 25 heavy (non-hydrogen) atoms. The summed E-state index contributed by atoms with van der Waals surface area (Å²) in [4.78, 5) is 0. The number of nitrogens with zero attached hydrogens (tertiary/aromatic N) is 1. The molecule has 0 aliphatic rings. The van der Waals surface area contributed by atoms with Gasteiger partial charge in [-0.3, -0.25) is 4.28 Å². The summed E-state index contributed by atoms with van der Waals surface area (Å²) in [5.74, 6) is 0. The minimum absolute atomic E-state index is 0.134. The maximum absolute atomic E-state index is 12.3. The Hall–Kier alpha value is -2.35. The second-order valence-electron chi connectivity index (χ2n) is 5.21. The van der Waals surface area contributed by atoms with Crippen molar-refractivity contribution in [3.05, 3.63) is 60.2 Å². The average Bonchev–Trinajstić information content (AvgIpc) is 2.58. The van der Waals surface area contributed by atoms with Crippen molar-refractivity contribution in [2.45, 2.75) is 25.3 Å². The maximum Gasteiger partial charge on any atom is 0.536 e. The topological polar surface area (TPSA) is 55.7 Å². The van der Waals surface area contributed by atoms with Gasteiger partial charge in [-0.1, -0.05) is 73.1 Å². The van der Waals surface area contributed by atoms with Gasteiger partial charge in [0.25, 0.3) is 0 Å². The zero-order chi connectivity index (χ0) is 18.5. The summed E-state index contributed by atoms with van der Waals surface area (Å²) in [5.41, 5.74) is -2.97. The third-order valence-corrected chi connectivity index (χ3v) is 4.18. The summed E-state index contributed by atoms with van der Waals surface area (Å²) in [6.07, 6.45) is 0.840. The first-order valence-electron chi connectivity index (χ1n) is 7.47. The molecule has 0 fully saturated rings. The second-order valence-corrected chi connectivity index (χ2v) is 6.73. The normalized spacial score (nSPS) is 12.9. The van der Waals surface area contributed by atoms with Crippen molar-refractivity contribution in [3.63, 3.8) is 0 Å². The lowest BCUT2D eigenvalue weighted by Crippen LogP contribution is -2.24. The van der Waals surface area contributed by atoms with E-state index < -0.39 is 15.6 Å². The molecule has 2 aromatic carbocycles. The molecule has 0 heterocycles. The van der Waals surface area contributed by atoms with Gasteiger partial charge in [-0.2, -0.15) is 21.6 Å². The fourth-order valence-corrected chi connectivity index (χ4v) is 2.37. The highest BCUT2D eigenvalue weighted by Crippen LogP contribution is 2.25.